The number of benzene rings is 2. The van der Waals surface area contributed by atoms with E-state index in [0.717, 1.165) is 31.0 Å². The van der Waals surface area contributed by atoms with E-state index in [1.54, 1.807) is 19.1 Å². The minimum atomic E-state index is -3.10. The van der Waals surface area contributed by atoms with Crippen LogP contribution in [0.25, 0.3) is 17.0 Å². The van der Waals surface area contributed by atoms with Gasteiger partial charge in [-0.25, -0.2) is 22.4 Å². The molecule has 0 aliphatic carbocycles. The first-order chi connectivity index (χ1) is 17.0. The maximum Gasteiger partial charge on any atom is 0.335 e. The molecule has 2 atom stereocenters. The van der Waals surface area contributed by atoms with Crippen molar-refractivity contribution in [2.24, 2.45) is 0 Å². The average Bonchev–Trinajstić information content (AvgIpc) is 3.41. The Morgan fingerprint density at radius 3 is 2.56 bits per heavy atom. The summed E-state index contributed by atoms with van der Waals surface area (Å²) in [4.78, 5) is 16.0. The Labute approximate surface area is 205 Å². The van der Waals surface area contributed by atoms with Gasteiger partial charge in [0.05, 0.1) is 18.2 Å². The van der Waals surface area contributed by atoms with Gasteiger partial charge in [-0.05, 0) is 61.7 Å². The molecule has 0 radical (unpaired) electrons. The highest BCUT2D eigenvalue weighted by Gasteiger charge is 2.42. The highest BCUT2D eigenvalue weighted by atomic mass is 19.3. The largest absolute Gasteiger partial charge is 0.478 e. The van der Waals surface area contributed by atoms with Crippen molar-refractivity contribution in [1.29, 1.82) is 0 Å². The van der Waals surface area contributed by atoms with Gasteiger partial charge >= 0.3 is 5.97 Å². The molecule has 2 aliphatic rings. The summed E-state index contributed by atoms with van der Waals surface area (Å²) in [6, 6.07) is 5.48. The number of carboxylic acids is 1. The second-order valence-corrected chi connectivity index (χ2v) is 9.91. The van der Waals surface area contributed by atoms with Crippen LogP contribution in [0, 0.1) is 11.6 Å². The highest BCUT2D eigenvalue weighted by Crippen LogP contribution is 2.43. The summed E-state index contributed by atoms with van der Waals surface area (Å²) < 4.78 is 59.8. The predicted octanol–water partition coefficient (Wildman–Crippen LogP) is 5.51. The zero-order valence-corrected chi connectivity index (χ0v) is 20.0. The van der Waals surface area contributed by atoms with Crippen molar-refractivity contribution in [3.05, 3.63) is 75.5 Å². The molecule has 1 fully saturated rings. The molecule has 9 heteroatoms. The molecule has 2 aliphatic heterocycles. The Bertz CT molecular complexity index is 1340. The monoisotopic (exact) mass is 501 g/mol. The van der Waals surface area contributed by atoms with Gasteiger partial charge < -0.3 is 15.4 Å². The molecular weight excluding hydrogens is 474 g/mol. The summed E-state index contributed by atoms with van der Waals surface area (Å²) in [6.45, 7) is 3.31. The summed E-state index contributed by atoms with van der Waals surface area (Å²) >= 11 is 0. The predicted molar refractivity (Wildman–Crippen MR) is 129 cm³/mol. The van der Waals surface area contributed by atoms with Gasteiger partial charge in [0.25, 0.3) is 5.92 Å². The first-order valence-corrected chi connectivity index (χ1v) is 11.9. The number of nitrogens with zero attached hydrogens (tertiary/aromatic N) is 1. The van der Waals surface area contributed by atoms with Crippen molar-refractivity contribution in [2.45, 2.75) is 44.7 Å². The molecular formula is C27H27F4N3O2. The molecule has 1 saturated heterocycles. The summed E-state index contributed by atoms with van der Waals surface area (Å²) in [5.41, 5.74) is 2.80. The molecule has 3 aromatic rings. The topological polar surface area (TPSA) is 68.4 Å². The minimum absolute atomic E-state index is 0.0544. The van der Waals surface area contributed by atoms with Crippen LogP contribution in [-0.4, -0.2) is 52.6 Å². The number of hydrogen-bond donors (Lipinski definition) is 3. The Balaban J connectivity index is 1.68. The normalized spacial score (nSPS) is 21.9. The van der Waals surface area contributed by atoms with E-state index in [9.17, 15) is 18.7 Å². The van der Waals surface area contributed by atoms with Crippen LogP contribution >= 0.6 is 0 Å². The van der Waals surface area contributed by atoms with E-state index in [4.69, 9.17) is 0 Å². The second kappa shape index (κ2) is 9.05. The first kappa shape index (κ1) is 24.5. The molecule has 5 rings (SSSR count). The van der Waals surface area contributed by atoms with Crippen LogP contribution in [0.3, 0.4) is 0 Å². The molecule has 0 saturated carbocycles. The number of carboxylic acid groups (broad SMARTS) is 1. The van der Waals surface area contributed by atoms with Crippen molar-refractivity contribution >= 4 is 22.9 Å². The summed E-state index contributed by atoms with van der Waals surface area (Å²) in [5.74, 6) is -5.83. The Morgan fingerprint density at radius 1 is 1.22 bits per heavy atom. The van der Waals surface area contributed by atoms with Crippen LogP contribution in [-0.2, 0) is 6.42 Å². The Morgan fingerprint density at radius 2 is 1.94 bits per heavy atom. The van der Waals surface area contributed by atoms with Gasteiger partial charge in [-0.2, -0.15) is 0 Å². The number of nitrogens with one attached hydrogen (secondary N) is 2. The lowest BCUT2D eigenvalue weighted by Crippen LogP contribution is -2.47. The van der Waals surface area contributed by atoms with Crippen LogP contribution in [0.5, 0.6) is 0 Å². The van der Waals surface area contributed by atoms with Crippen molar-refractivity contribution in [3.8, 4) is 0 Å². The zero-order valence-electron chi connectivity index (χ0n) is 20.0. The second-order valence-electron chi connectivity index (χ2n) is 9.91. The summed E-state index contributed by atoms with van der Waals surface area (Å²) in [7, 11) is 0. The van der Waals surface area contributed by atoms with Gasteiger partial charge in [0.1, 0.15) is 11.6 Å². The molecule has 1 aromatic heterocycles. The molecule has 0 bridgehead atoms. The smallest absolute Gasteiger partial charge is 0.335 e. The third kappa shape index (κ3) is 4.53. The molecule has 3 heterocycles. The van der Waals surface area contributed by atoms with Crippen molar-refractivity contribution in [3.63, 3.8) is 0 Å². The van der Waals surface area contributed by atoms with E-state index in [0.29, 0.717) is 35.1 Å². The van der Waals surface area contributed by atoms with E-state index in [-0.39, 0.29) is 11.1 Å². The Kier molecular flexibility index (Phi) is 6.16. The van der Waals surface area contributed by atoms with E-state index < -0.39 is 42.2 Å². The molecule has 5 nitrogen and oxygen atoms in total. The van der Waals surface area contributed by atoms with Crippen LogP contribution < -0.4 is 5.32 Å². The average molecular weight is 502 g/mol. The summed E-state index contributed by atoms with van der Waals surface area (Å²) in [5, 5.41) is 13.3. The van der Waals surface area contributed by atoms with E-state index >= 15 is 8.78 Å². The number of alkyl halides is 2. The van der Waals surface area contributed by atoms with E-state index in [2.05, 4.69) is 10.3 Å². The number of rotatable bonds is 5. The number of hydrogen-bond acceptors (Lipinski definition) is 3. The quantitative estimate of drug-likeness (QED) is 0.403. The van der Waals surface area contributed by atoms with Crippen LogP contribution in [0.15, 0.2) is 35.9 Å². The molecule has 190 valence electrons. The molecule has 0 spiro atoms. The number of aromatic carboxylic acids is 1. The van der Waals surface area contributed by atoms with E-state index in [1.807, 2.05) is 0 Å². The van der Waals surface area contributed by atoms with Crippen molar-refractivity contribution < 1.29 is 27.5 Å². The van der Waals surface area contributed by atoms with Crippen LogP contribution in [0.2, 0.25) is 0 Å². The van der Waals surface area contributed by atoms with Gasteiger partial charge in [-0.3, -0.25) is 4.90 Å². The van der Waals surface area contributed by atoms with Crippen LogP contribution in [0.4, 0.5) is 17.6 Å². The third-order valence-electron chi connectivity index (χ3n) is 7.04. The maximum absolute atomic E-state index is 15.6. The number of H-pyrrole nitrogens is 1. The third-order valence-corrected chi connectivity index (χ3v) is 7.04. The molecule has 3 N–H and O–H groups in total. The van der Waals surface area contributed by atoms with E-state index in [1.165, 1.54) is 29.2 Å². The lowest BCUT2D eigenvalue weighted by molar-refractivity contribution is -0.0374. The zero-order chi connectivity index (χ0) is 25.8. The Hall–Kier alpha value is -3.17. The van der Waals surface area contributed by atoms with Gasteiger partial charge in [0, 0.05) is 41.7 Å². The standard InChI is InChI=1S/C27H27F4N3O2/c1-14-7-19-18-4-3-17(26(35)36)11-22(18)33-24(19)25(34(14)13-27(2,30)31)23-20(28)9-16(10-21(23)29)8-15-5-6-32-12-15/h3-4,8-11,14,25,32-33H,5-7,12-13H2,1-2H3,(H,35,36)/b15-8-/t14-,25-/m1/s1. The number of aromatic nitrogens is 1. The lowest BCUT2D eigenvalue weighted by Gasteiger charge is -2.42. The highest BCUT2D eigenvalue weighted by molar-refractivity contribution is 5.95. The molecule has 2 aromatic carbocycles. The number of fused-ring (bicyclic) bond motifs is 3. The van der Waals surface area contributed by atoms with Crippen molar-refractivity contribution in [1.82, 2.24) is 15.2 Å². The number of aromatic amines is 1. The first-order valence-electron chi connectivity index (χ1n) is 11.9. The molecule has 0 amide bonds. The van der Waals surface area contributed by atoms with Gasteiger partial charge in [-0.15, -0.1) is 0 Å². The lowest BCUT2D eigenvalue weighted by atomic mass is 9.87. The van der Waals surface area contributed by atoms with Gasteiger partial charge in [0.2, 0.25) is 0 Å². The van der Waals surface area contributed by atoms with Gasteiger partial charge in [0.15, 0.2) is 0 Å². The maximum atomic E-state index is 15.6. The fourth-order valence-electron chi connectivity index (χ4n) is 5.47. The summed E-state index contributed by atoms with van der Waals surface area (Å²) in [6.07, 6.45) is 2.91. The number of halogens is 4. The van der Waals surface area contributed by atoms with Gasteiger partial charge in [-0.1, -0.05) is 17.7 Å². The minimum Gasteiger partial charge on any atom is -0.478 e. The fourth-order valence-corrected chi connectivity index (χ4v) is 5.47. The van der Waals surface area contributed by atoms with Crippen molar-refractivity contribution in [2.75, 3.05) is 19.6 Å². The molecule has 0 unspecified atom stereocenters. The SMILES string of the molecule is C[C@@H]1Cc2c([nH]c3cc(C(=O)O)ccc23)[C@@H](c2c(F)cc(/C=C3/CCNC3)cc2F)N1CC(C)(F)F. The number of carbonyl (C=O) groups is 1. The van der Waals surface area contributed by atoms with Crippen LogP contribution in [0.1, 0.15) is 59.1 Å². The fraction of sp³-hybridized carbons (Fsp3) is 0.370. The molecule has 36 heavy (non-hydrogen) atoms.